The van der Waals surface area contributed by atoms with Crippen molar-refractivity contribution in [3.05, 3.63) is 56.8 Å². The number of hydrogen-bond donors (Lipinski definition) is 1. The molecule has 1 aliphatic heterocycles. The first kappa shape index (κ1) is 16.7. The van der Waals surface area contributed by atoms with Crippen LogP contribution in [-0.4, -0.2) is 25.3 Å². The Bertz CT molecular complexity index is 933. The molecule has 1 N–H and O–H groups in total. The van der Waals surface area contributed by atoms with Crippen LogP contribution in [0.3, 0.4) is 0 Å². The standard InChI is InChI=1S/C20H21IN2O2/c1-24-19-6-3-13(9-20(19)25-2)12-23-17-5-4-14(21)10-16(17)15-7-8-22-11-18(15)23/h3-6,9-10,22H,7-8,11-12H2,1-2H3. The lowest BCUT2D eigenvalue weighted by molar-refractivity contribution is 0.354. The molecular weight excluding hydrogens is 427 g/mol. The molecule has 0 amide bonds. The van der Waals surface area contributed by atoms with Crippen LogP contribution in [0.15, 0.2) is 36.4 Å². The van der Waals surface area contributed by atoms with Crippen LogP contribution in [-0.2, 0) is 19.5 Å². The summed E-state index contributed by atoms with van der Waals surface area (Å²) in [5.74, 6) is 1.54. The maximum absolute atomic E-state index is 5.46. The third-order valence-electron chi connectivity index (χ3n) is 4.88. The van der Waals surface area contributed by atoms with Crippen LogP contribution in [0.4, 0.5) is 0 Å². The molecule has 0 saturated carbocycles. The quantitative estimate of drug-likeness (QED) is 0.614. The Morgan fingerprint density at radius 1 is 1.08 bits per heavy atom. The van der Waals surface area contributed by atoms with Crippen molar-refractivity contribution in [1.29, 1.82) is 0 Å². The van der Waals surface area contributed by atoms with Gasteiger partial charge in [0, 0.05) is 33.3 Å². The highest BCUT2D eigenvalue weighted by atomic mass is 127. The SMILES string of the molecule is COc1ccc(Cn2c3c(c4cc(I)ccc42)CCNC3)cc1OC. The molecule has 0 aliphatic carbocycles. The van der Waals surface area contributed by atoms with Gasteiger partial charge in [-0.3, -0.25) is 0 Å². The van der Waals surface area contributed by atoms with E-state index in [0.29, 0.717) is 0 Å². The van der Waals surface area contributed by atoms with Crippen molar-refractivity contribution in [2.45, 2.75) is 19.5 Å². The van der Waals surface area contributed by atoms with E-state index in [1.807, 2.05) is 6.07 Å². The first-order valence-corrected chi connectivity index (χ1v) is 9.50. The van der Waals surface area contributed by atoms with Crippen LogP contribution < -0.4 is 14.8 Å². The average molecular weight is 448 g/mol. The highest BCUT2D eigenvalue weighted by Gasteiger charge is 2.20. The number of nitrogens with one attached hydrogen (secondary N) is 1. The molecule has 1 aliphatic rings. The van der Waals surface area contributed by atoms with Crippen molar-refractivity contribution >= 4 is 33.5 Å². The molecule has 0 saturated heterocycles. The van der Waals surface area contributed by atoms with Gasteiger partial charge in [-0.15, -0.1) is 0 Å². The number of halogens is 1. The summed E-state index contributed by atoms with van der Waals surface area (Å²) in [6.07, 6.45) is 1.09. The third kappa shape index (κ3) is 3.00. The topological polar surface area (TPSA) is 35.4 Å². The number of fused-ring (bicyclic) bond motifs is 3. The van der Waals surface area contributed by atoms with Crippen molar-refractivity contribution in [1.82, 2.24) is 9.88 Å². The van der Waals surface area contributed by atoms with Gasteiger partial charge in [0.25, 0.3) is 0 Å². The molecule has 0 unspecified atom stereocenters. The molecule has 4 rings (SSSR count). The molecule has 1 aromatic heterocycles. The number of methoxy groups -OCH3 is 2. The van der Waals surface area contributed by atoms with Crippen LogP contribution in [0.1, 0.15) is 16.8 Å². The summed E-state index contributed by atoms with van der Waals surface area (Å²) in [6.45, 7) is 2.80. The Morgan fingerprint density at radius 3 is 2.72 bits per heavy atom. The van der Waals surface area contributed by atoms with Crippen molar-refractivity contribution in [2.75, 3.05) is 20.8 Å². The molecule has 25 heavy (non-hydrogen) atoms. The summed E-state index contributed by atoms with van der Waals surface area (Å²) in [5.41, 5.74) is 5.41. The van der Waals surface area contributed by atoms with Gasteiger partial charge in [-0.1, -0.05) is 6.07 Å². The molecule has 2 heterocycles. The summed E-state index contributed by atoms with van der Waals surface area (Å²) in [5, 5.41) is 4.91. The van der Waals surface area contributed by atoms with Crippen LogP contribution in [0.5, 0.6) is 11.5 Å². The minimum absolute atomic E-state index is 0.766. The summed E-state index contributed by atoms with van der Waals surface area (Å²) < 4.78 is 14.5. The number of aromatic nitrogens is 1. The van der Waals surface area contributed by atoms with Gasteiger partial charge in [0.15, 0.2) is 11.5 Å². The number of hydrogen-bond acceptors (Lipinski definition) is 3. The van der Waals surface area contributed by atoms with E-state index in [4.69, 9.17) is 9.47 Å². The van der Waals surface area contributed by atoms with Gasteiger partial charge >= 0.3 is 0 Å². The smallest absolute Gasteiger partial charge is 0.161 e. The summed E-state index contributed by atoms with van der Waals surface area (Å²) in [6, 6.07) is 12.9. The van der Waals surface area contributed by atoms with Crippen LogP contribution in [0, 0.1) is 3.57 Å². The van der Waals surface area contributed by atoms with E-state index >= 15 is 0 Å². The zero-order valence-electron chi connectivity index (χ0n) is 14.4. The Balaban J connectivity index is 1.82. The summed E-state index contributed by atoms with van der Waals surface area (Å²) in [7, 11) is 3.35. The molecule has 0 atom stereocenters. The second-order valence-corrected chi connectivity index (χ2v) is 7.53. The van der Waals surface area contributed by atoms with E-state index in [1.54, 1.807) is 14.2 Å². The molecule has 3 aromatic rings. The number of benzene rings is 2. The largest absolute Gasteiger partial charge is 0.493 e. The lowest BCUT2D eigenvalue weighted by Gasteiger charge is -2.18. The van der Waals surface area contributed by atoms with E-state index in [2.05, 4.69) is 62.8 Å². The molecule has 2 aromatic carbocycles. The molecule has 0 bridgehead atoms. The van der Waals surface area contributed by atoms with Crippen LogP contribution >= 0.6 is 22.6 Å². The van der Waals surface area contributed by atoms with Gasteiger partial charge in [0.05, 0.1) is 14.2 Å². The van der Waals surface area contributed by atoms with Crippen LogP contribution in [0.25, 0.3) is 10.9 Å². The van der Waals surface area contributed by atoms with Crippen molar-refractivity contribution < 1.29 is 9.47 Å². The first-order valence-electron chi connectivity index (χ1n) is 8.42. The van der Waals surface area contributed by atoms with Crippen molar-refractivity contribution in [3.63, 3.8) is 0 Å². The van der Waals surface area contributed by atoms with Gasteiger partial charge in [-0.2, -0.15) is 0 Å². The number of rotatable bonds is 4. The van der Waals surface area contributed by atoms with E-state index in [-0.39, 0.29) is 0 Å². The minimum Gasteiger partial charge on any atom is -0.493 e. The molecule has 130 valence electrons. The molecular formula is C20H21IN2O2. The van der Waals surface area contributed by atoms with E-state index in [1.165, 1.54) is 31.3 Å². The number of nitrogens with zero attached hydrogens (tertiary/aromatic N) is 1. The zero-order valence-corrected chi connectivity index (χ0v) is 16.6. The van der Waals surface area contributed by atoms with E-state index < -0.39 is 0 Å². The van der Waals surface area contributed by atoms with Gasteiger partial charge in [0.2, 0.25) is 0 Å². The molecule has 4 nitrogen and oxygen atoms in total. The minimum atomic E-state index is 0.766. The molecule has 0 fully saturated rings. The lowest BCUT2D eigenvalue weighted by Crippen LogP contribution is -2.25. The van der Waals surface area contributed by atoms with Crippen molar-refractivity contribution in [3.8, 4) is 11.5 Å². The highest BCUT2D eigenvalue weighted by molar-refractivity contribution is 14.1. The van der Waals surface area contributed by atoms with Gasteiger partial charge in [-0.25, -0.2) is 0 Å². The van der Waals surface area contributed by atoms with Crippen LogP contribution in [0.2, 0.25) is 0 Å². The maximum atomic E-state index is 5.46. The average Bonchev–Trinajstić information content (AvgIpc) is 2.95. The van der Waals surface area contributed by atoms with Crippen molar-refractivity contribution in [2.24, 2.45) is 0 Å². The fraction of sp³-hybridized carbons (Fsp3) is 0.300. The fourth-order valence-corrected chi connectivity index (χ4v) is 4.18. The lowest BCUT2D eigenvalue weighted by atomic mass is 10.0. The second-order valence-electron chi connectivity index (χ2n) is 6.29. The van der Waals surface area contributed by atoms with Gasteiger partial charge < -0.3 is 19.4 Å². The first-order chi connectivity index (χ1) is 12.2. The normalized spacial score (nSPS) is 13.7. The monoisotopic (exact) mass is 448 g/mol. The molecule has 5 heteroatoms. The molecule has 0 radical (unpaired) electrons. The fourth-order valence-electron chi connectivity index (χ4n) is 3.69. The Labute approximate surface area is 161 Å². The Morgan fingerprint density at radius 2 is 1.92 bits per heavy atom. The zero-order chi connectivity index (χ0) is 17.4. The van der Waals surface area contributed by atoms with E-state index in [9.17, 15) is 0 Å². The second kappa shape index (κ2) is 6.88. The maximum Gasteiger partial charge on any atom is 0.161 e. The van der Waals surface area contributed by atoms with Gasteiger partial charge in [-0.05, 0) is 77.0 Å². The van der Waals surface area contributed by atoms with Gasteiger partial charge in [0.1, 0.15) is 0 Å². The number of ether oxygens (including phenoxy) is 2. The predicted molar refractivity (Wildman–Crippen MR) is 109 cm³/mol. The molecule has 0 spiro atoms. The summed E-state index contributed by atoms with van der Waals surface area (Å²) in [4.78, 5) is 0. The summed E-state index contributed by atoms with van der Waals surface area (Å²) >= 11 is 2.40. The Kier molecular flexibility index (Phi) is 4.60. The Hall–Kier alpha value is -1.73. The third-order valence-corrected chi connectivity index (χ3v) is 5.55. The predicted octanol–water partition coefficient (Wildman–Crippen LogP) is 3.96. The van der Waals surface area contributed by atoms with E-state index in [0.717, 1.165) is 37.6 Å². The highest BCUT2D eigenvalue weighted by Crippen LogP contribution is 2.32.